The number of benzene rings is 5. The quantitative estimate of drug-likeness (QED) is 0.0285. The Kier molecular flexibility index (Phi) is 16.0. The number of nitrogens with one attached hydrogen (secondary N) is 3. The third-order valence-electron chi connectivity index (χ3n) is 11.2. The van der Waals surface area contributed by atoms with E-state index in [2.05, 4.69) is 46.4 Å². The molecule has 8 rings (SSSR count). The molecule has 3 heterocycles. The fourth-order valence-corrected chi connectivity index (χ4v) is 10.2. The lowest BCUT2D eigenvalue weighted by molar-refractivity contribution is 0.0696. The molecule has 0 bridgehead atoms. The van der Waals surface area contributed by atoms with Crippen molar-refractivity contribution in [1.82, 2.24) is 14.5 Å². The number of pyridine rings is 1. The molecule has 0 atom stereocenters. The van der Waals surface area contributed by atoms with Gasteiger partial charge in [-0.2, -0.15) is 44.2 Å². The van der Waals surface area contributed by atoms with Crippen LogP contribution in [0.2, 0.25) is 0 Å². The summed E-state index contributed by atoms with van der Waals surface area (Å²) in [5.41, 5.74) is -1.14. The van der Waals surface area contributed by atoms with Crippen LogP contribution in [0.5, 0.6) is 0 Å². The van der Waals surface area contributed by atoms with Crippen molar-refractivity contribution in [2.45, 2.75) is 26.5 Å². The molecule has 0 spiro atoms. The second-order valence-corrected chi connectivity index (χ2v) is 23.3. The fraction of sp³-hybridized carbons (Fsp3) is 0.0208. The van der Waals surface area contributed by atoms with Crippen LogP contribution in [0.1, 0.15) is 47.8 Å². The maximum Gasteiger partial charge on any atom is 0.335 e. The summed E-state index contributed by atoms with van der Waals surface area (Å²) in [7, 11) is -19.4. The van der Waals surface area contributed by atoms with Gasteiger partial charge in [-0.25, -0.2) is 19.6 Å². The Hall–Kier alpha value is -10.0. The normalized spacial score (nSPS) is 12.0. The van der Waals surface area contributed by atoms with Gasteiger partial charge in [0.25, 0.3) is 46.4 Å². The van der Waals surface area contributed by atoms with Crippen LogP contribution < -0.4 is 16.0 Å². The Balaban J connectivity index is 1.24. The van der Waals surface area contributed by atoms with E-state index in [1.807, 2.05) is 12.1 Å². The number of carbonyl (C=O) groups is 3. The molecule has 0 aliphatic heterocycles. The molecule has 82 heavy (non-hydrogen) atoms. The molecule has 9 N–H and O–H groups in total. The van der Waals surface area contributed by atoms with E-state index in [4.69, 9.17) is 0 Å². The molecular weight excluding hydrogens is 1180 g/mol. The topological polar surface area (TPSA) is 473 Å². The highest BCUT2D eigenvalue weighted by atomic mass is 32.2. The average Bonchev–Trinajstić information content (AvgIpc) is 3.84. The molecule has 0 unspecified atom stereocenters. The minimum absolute atomic E-state index is 0.00974. The van der Waals surface area contributed by atoms with Gasteiger partial charge in [0, 0.05) is 45.6 Å². The van der Waals surface area contributed by atoms with E-state index in [0.717, 1.165) is 53.8 Å². The summed E-state index contributed by atoms with van der Waals surface area (Å²) >= 11 is 0.732. The molecule has 416 valence electrons. The van der Waals surface area contributed by atoms with Gasteiger partial charge in [-0.15, -0.1) is 20.5 Å². The molecule has 0 radical (unpaired) electrons. The highest BCUT2D eigenvalue weighted by Crippen LogP contribution is 2.43. The van der Waals surface area contributed by atoms with Gasteiger partial charge in [-0.1, -0.05) is 23.5 Å². The van der Waals surface area contributed by atoms with Crippen molar-refractivity contribution in [3.8, 4) is 29.1 Å². The molecule has 3 aromatic heterocycles. The zero-order valence-corrected chi connectivity index (χ0v) is 44.9. The minimum Gasteiger partial charge on any atom is -0.478 e. The summed E-state index contributed by atoms with van der Waals surface area (Å²) in [5, 5.41) is 65.5. The summed E-state index contributed by atoms with van der Waals surface area (Å²) in [6, 6.07) is 25.0. The van der Waals surface area contributed by atoms with E-state index in [-0.39, 0.29) is 84.0 Å². The number of rotatable bonds is 18. The second-order valence-electron chi connectivity index (χ2n) is 16.7. The van der Waals surface area contributed by atoms with Gasteiger partial charge >= 0.3 is 11.9 Å². The largest absolute Gasteiger partial charge is 0.478 e. The third-order valence-corrected chi connectivity index (χ3v) is 15.5. The van der Waals surface area contributed by atoms with Crippen molar-refractivity contribution in [2.24, 2.45) is 20.5 Å². The molecule has 34 heteroatoms. The molecule has 29 nitrogen and oxygen atoms in total. The van der Waals surface area contributed by atoms with Crippen molar-refractivity contribution in [3.05, 3.63) is 155 Å². The Morgan fingerprint density at radius 3 is 1.57 bits per heavy atom. The molecule has 0 fully saturated rings. The molecule has 5 aromatic carbocycles. The fourth-order valence-electron chi connectivity index (χ4n) is 7.34. The number of amides is 1. The minimum atomic E-state index is -5.08. The lowest BCUT2D eigenvalue weighted by atomic mass is 10.1. The number of nitrogens with zero attached hydrogens (tertiary/aromatic N) is 9. The average molecular weight is 1210 g/mol. The Morgan fingerprint density at radius 1 is 0.573 bits per heavy atom. The summed E-state index contributed by atoms with van der Waals surface area (Å²) in [6.45, 7) is 1.47. The predicted molar refractivity (Wildman–Crippen MR) is 287 cm³/mol. The summed E-state index contributed by atoms with van der Waals surface area (Å²) in [6.07, 6.45) is 1.31. The van der Waals surface area contributed by atoms with E-state index in [9.17, 15) is 87.0 Å². The monoisotopic (exact) mass is 1210 g/mol. The number of thiazole rings is 1. The first-order valence-electron chi connectivity index (χ1n) is 22.2. The molecular formula is C48H32N12O17S5. The molecule has 8 aromatic rings. The summed E-state index contributed by atoms with van der Waals surface area (Å²) in [5.74, 6) is -4.49. The zero-order valence-electron chi connectivity index (χ0n) is 40.8. The first kappa shape index (κ1) is 58.1. The third kappa shape index (κ3) is 13.2. The standard InChI is InChI=1S/C48H32N12O17S5/c1-24-38(23-50)41(51-30-6-10-34(11-7-30)79(66,67)68)55-42(52-31-8-12-35(13-9-31)80(69,70)71)39(24)56-59-48-54-40(25-2-4-32(5-3-25)53-44(61)27-19-36(81(72,73)74)21-37(20-27)82(75,76)77)45(78-48)58-57-43-26(22-49)14-15-60(43)33-17-28(46(62)63)16-29(18-33)47(64)65/h2-21H,1H3,(H,53,61)(H,62,63)(H,64,65)(H2,51,52,55)(H,66,67,68)(H,69,70,71)(H,72,73,74)(H,75,76,77)/b58-57-,59-56?. The van der Waals surface area contributed by atoms with Crippen LogP contribution in [-0.4, -0.2) is 94.5 Å². The van der Waals surface area contributed by atoms with Gasteiger partial charge in [0.1, 0.15) is 23.5 Å². The van der Waals surface area contributed by atoms with Crippen LogP contribution >= 0.6 is 11.3 Å². The van der Waals surface area contributed by atoms with Crippen molar-refractivity contribution in [2.75, 3.05) is 16.0 Å². The van der Waals surface area contributed by atoms with Crippen LogP contribution in [0.15, 0.2) is 161 Å². The Labute approximate surface area is 465 Å². The maximum absolute atomic E-state index is 13.3. The van der Waals surface area contributed by atoms with Crippen molar-refractivity contribution in [3.63, 3.8) is 0 Å². The number of carboxylic acids is 2. The first-order valence-corrected chi connectivity index (χ1v) is 28.8. The van der Waals surface area contributed by atoms with E-state index in [1.165, 1.54) is 72.3 Å². The highest BCUT2D eigenvalue weighted by Gasteiger charge is 2.24. The molecule has 0 saturated carbocycles. The molecule has 1 amide bonds. The van der Waals surface area contributed by atoms with Crippen LogP contribution in [0.3, 0.4) is 0 Å². The predicted octanol–water partition coefficient (Wildman–Crippen LogP) is 9.00. The number of carboxylic acid groups (broad SMARTS) is 2. The van der Waals surface area contributed by atoms with Crippen LogP contribution in [0, 0.1) is 29.6 Å². The van der Waals surface area contributed by atoms with Crippen molar-refractivity contribution in [1.29, 1.82) is 10.5 Å². The first-order chi connectivity index (χ1) is 38.5. The SMILES string of the molecule is Cc1c(C#N)c(Nc2ccc(S(=O)(=O)O)cc2)nc(Nc2ccc(S(=O)(=O)O)cc2)c1N=Nc1nc(-c2ccc(NC(=O)c3cc(S(=O)(=O)O)cc(S(=O)(=O)O)c3)cc2)c(/N=N\c2c(C#N)ccn2-c2cc(C(=O)O)cc(C(=O)O)c2)s1. The van der Waals surface area contributed by atoms with Gasteiger partial charge in [-0.3, -0.25) is 27.6 Å². The number of azo groups is 2. The molecule has 0 aliphatic carbocycles. The summed E-state index contributed by atoms with van der Waals surface area (Å²) < 4.78 is 134. The number of anilines is 5. The van der Waals surface area contributed by atoms with Crippen molar-refractivity contribution < 1.29 is 76.5 Å². The number of nitriles is 2. The van der Waals surface area contributed by atoms with Crippen LogP contribution in [-0.2, 0) is 40.5 Å². The zero-order chi connectivity index (χ0) is 59.6. The van der Waals surface area contributed by atoms with Gasteiger partial charge in [0.05, 0.1) is 41.8 Å². The van der Waals surface area contributed by atoms with Crippen LogP contribution in [0.4, 0.5) is 50.3 Å². The highest BCUT2D eigenvalue weighted by molar-refractivity contribution is 7.87. The number of aromatic carboxylic acids is 2. The van der Waals surface area contributed by atoms with Gasteiger partial charge in [-0.05, 0) is 110 Å². The van der Waals surface area contributed by atoms with Gasteiger partial charge < -0.3 is 26.2 Å². The van der Waals surface area contributed by atoms with Crippen LogP contribution in [0.25, 0.3) is 16.9 Å². The van der Waals surface area contributed by atoms with Crippen molar-refractivity contribution >= 4 is 120 Å². The Morgan fingerprint density at radius 2 is 1.09 bits per heavy atom. The van der Waals surface area contributed by atoms with E-state index >= 15 is 0 Å². The number of carbonyl (C=O) groups excluding carboxylic acids is 1. The Bertz CT molecular complexity index is 4510. The van der Waals surface area contributed by atoms with E-state index in [0.29, 0.717) is 18.2 Å². The smallest absolute Gasteiger partial charge is 0.335 e. The van der Waals surface area contributed by atoms with Gasteiger partial charge in [0.15, 0.2) is 22.5 Å². The number of hydrogen-bond donors (Lipinski definition) is 9. The lowest BCUT2D eigenvalue weighted by Gasteiger charge is -2.16. The maximum atomic E-state index is 13.3. The molecule has 0 aliphatic rings. The van der Waals surface area contributed by atoms with E-state index < -0.39 is 94.6 Å². The second kappa shape index (κ2) is 22.6. The summed E-state index contributed by atoms with van der Waals surface area (Å²) in [4.78, 5) is 43.6. The van der Waals surface area contributed by atoms with E-state index in [1.54, 1.807) is 0 Å². The number of hydrogen-bond acceptors (Lipinski definition) is 22. The van der Waals surface area contributed by atoms with Gasteiger partial charge in [0.2, 0.25) is 5.13 Å². The molecule has 0 saturated heterocycles. The number of aromatic nitrogens is 3. The lowest BCUT2D eigenvalue weighted by Crippen LogP contribution is -2.14.